The number of nitrogens with two attached hydrogens (primary N) is 1. The van der Waals surface area contributed by atoms with E-state index in [0.29, 0.717) is 11.8 Å². The Morgan fingerprint density at radius 3 is 2.40 bits per heavy atom. The molecule has 0 saturated heterocycles. The molecule has 0 fully saturated rings. The van der Waals surface area contributed by atoms with Gasteiger partial charge in [-0.1, -0.05) is 18.2 Å². The Labute approximate surface area is 143 Å². The van der Waals surface area contributed by atoms with Crippen LogP contribution in [0.3, 0.4) is 0 Å². The monoisotopic (exact) mass is 348 g/mol. The molecule has 0 aliphatic heterocycles. The number of carbonyl (C=O) groups excluding carboxylic acids is 2. The highest BCUT2D eigenvalue weighted by atomic mass is 19.1. The van der Waals surface area contributed by atoms with Crippen LogP contribution in [0.25, 0.3) is 0 Å². The second kappa shape index (κ2) is 8.23. The average molecular weight is 348 g/mol. The molecule has 0 radical (unpaired) electrons. The lowest BCUT2D eigenvalue weighted by Gasteiger charge is -2.16. The summed E-state index contributed by atoms with van der Waals surface area (Å²) in [6.07, 6.45) is -0.129. The summed E-state index contributed by atoms with van der Waals surface area (Å²) in [5.41, 5.74) is 6.14. The average Bonchev–Trinajstić information content (AvgIpc) is 2.57. The van der Waals surface area contributed by atoms with Crippen LogP contribution in [0.15, 0.2) is 42.5 Å². The number of amides is 2. The number of halogens is 2. The topological polar surface area (TPSA) is 81.4 Å². The lowest BCUT2D eigenvalue weighted by molar-refractivity contribution is -0.127. The zero-order chi connectivity index (χ0) is 18.4. The van der Waals surface area contributed by atoms with Gasteiger partial charge in [0.05, 0.1) is 13.5 Å². The highest BCUT2D eigenvalue weighted by Gasteiger charge is 2.19. The van der Waals surface area contributed by atoms with E-state index in [1.165, 1.54) is 13.2 Å². The molecule has 0 aliphatic rings. The van der Waals surface area contributed by atoms with Gasteiger partial charge in [-0.05, 0) is 29.3 Å². The molecule has 2 aromatic carbocycles. The molecule has 0 bridgehead atoms. The van der Waals surface area contributed by atoms with Gasteiger partial charge in [-0.15, -0.1) is 0 Å². The number of nitrogens with one attached hydrogen (secondary N) is 1. The van der Waals surface area contributed by atoms with Gasteiger partial charge in [0, 0.05) is 12.5 Å². The van der Waals surface area contributed by atoms with Crippen molar-refractivity contribution in [3.63, 3.8) is 0 Å². The third kappa shape index (κ3) is 5.27. The molecule has 0 unspecified atom stereocenters. The summed E-state index contributed by atoms with van der Waals surface area (Å²) < 4.78 is 31.5. The molecule has 1 atom stereocenters. The first-order valence-corrected chi connectivity index (χ1v) is 7.54. The summed E-state index contributed by atoms with van der Waals surface area (Å²) >= 11 is 0. The molecule has 0 aromatic heterocycles. The zero-order valence-electron chi connectivity index (χ0n) is 13.6. The summed E-state index contributed by atoms with van der Waals surface area (Å²) in [5.74, 6) is -2.17. The van der Waals surface area contributed by atoms with Crippen LogP contribution in [0.5, 0.6) is 5.75 Å². The van der Waals surface area contributed by atoms with E-state index in [2.05, 4.69) is 5.32 Å². The molecule has 2 rings (SSSR count). The van der Waals surface area contributed by atoms with Crippen molar-refractivity contribution in [3.05, 3.63) is 65.2 Å². The molecule has 0 spiro atoms. The number of rotatable bonds is 7. The first-order valence-electron chi connectivity index (χ1n) is 7.54. The molecule has 2 aromatic rings. The highest BCUT2D eigenvalue weighted by Crippen LogP contribution is 2.13. The third-order valence-corrected chi connectivity index (χ3v) is 3.64. The van der Waals surface area contributed by atoms with Crippen molar-refractivity contribution in [2.24, 2.45) is 5.73 Å². The minimum absolute atomic E-state index is 0.0339. The van der Waals surface area contributed by atoms with Crippen LogP contribution in [0.1, 0.15) is 11.1 Å². The van der Waals surface area contributed by atoms with Crippen molar-refractivity contribution in [1.82, 2.24) is 5.32 Å². The van der Waals surface area contributed by atoms with Crippen molar-refractivity contribution in [3.8, 4) is 5.75 Å². The summed E-state index contributed by atoms with van der Waals surface area (Å²) in [7, 11) is 1.54. The molecular formula is C18H18F2N2O3. The molecule has 2 amide bonds. The Balaban J connectivity index is 2.02. The lowest BCUT2D eigenvalue weighted by Crippen LogP contribution is -2.46. The third-order valence-electron chi connectivity index (χ3n) is 3.64. The smallest absolute Gasteiger partial charge is 0.240 e. The largest absolute Gasteiger partial charge is 0.497 e. The van der Waals surface area contributed by atoms with E-state index in [1.54, 1.807) is 24.3 Å². The molecule has 7 heteroatoms. The van der Waals surface area contributed by atoms with Crippen LogP contribution in [0, 0.1) is 11.6 Å². The van der Waals surface area contributed by atoms with Crippen molar-refractivity contribution < 1.29 is 23.1 Å². The molecule has 25 heavy (non-hydrogen) atoms. The molecule has 0 heterocycles. The van der Waals surface area contributed by atoms with Crippen LogP contribution in [-0.2, 0) is 22.4 Å². The second-order valence-electron chi connectivity index (χ2n) is 5.49. The number of hydrogen-bond donors (Lipinski definition) is 2. The quantitative estimate of drug-likeness (QED) is 0.800. The fraction of sp³-hybridized carbons (Fsp3) is 0.222. The first-order chi connectivity index (χ1) is 11.9. The van der Waals surface area contributed by atoms with E-state index in [9.17, 15) is 18.4 Å². The Bertz CT molecular complexity index is 763. The fourth-order valence-corrected chi connectivity index (χ4v) is 2.30. The maximum absolute atomic E-state index is 13.6. The molecule has 0 saturated carbocycles. The minimum Gasteiger partial charge on any atom is -0.497 e. The maximum atomic E-state index is 13.6. The number of benzene rings is 2. The van der Waals surface area contributed by atoms with Gasteiger partial charge in [0.15, 0.2) is 0 Å². The molecular weight excluding hydrogens is 330 g/mol. The molecule has 132 valence electrons. The van der Waals surface area contributed by atoms with Crippen LogP contribution in [0.4, 0.5) is 8.78 Å². The van der Waals surface area contributed by atoms with Gasteiger partial charge in [0.2, 0.25) is 11.8 Å². The summed E-state index contributed by atoms with van der Waals surface area (Å²) in [5, 5.41) is 2.48. The minimum atomic E-state index is -0.940. The Morgan fingerprint density at radius 2 is 1.84 bits per heavy atom. The number of ether oxygens (including phenoxy) is 1. The number of primary amides is 1. The van der Waals surface area contributed by atoms with Crippen LogP contribution < -0.4 is 15.8 Å². The number of hydrogen-bond acceptors (Lipinski definition) is 3. The van der Waals surface area contributed by atoms with Gasteiger partial charge < -0.3 is 15.8 Å². The van der Waals surface area contributed by atoms with Crippen molar-refractivity contribution in [2.75, 3.05) is 7.11 Å². The van der Waals surface area contributed by atoms with Crippen LogP contribution in [-0.4, -0.2) is 25.0 Å². The SMILES string of the molecule is COc1ccc(C[C@@H](NC(=O)Cc2ccc(F)cc2F)C(N)=O)cc1. The first kappa shape index (κ1) is 18.4. The summed E-state index contributed by atoms with van der Waals surface area (Å²) in [6.45, 7) is 0. The van der Waals surface area contributed by atoms with Gasteiger partial charge >= 0.3 is 0 Å². The Hall–Kier alpha value is -2.96. The Kier molecular flexibility index (Phi) is 6.05. The number of carbonyl (C=O) groups is 2. The normalized spacial score (nSPS) is 11.6. The standard InChI is InChI=1S/C18H18F2N2O3/c1-25-14-6-2-11(3-7-14)8-16(18(21)24)22-17(23)9-12-4-5-13(19)10-15(12)20/h2-7,10,16H,8-9H2,1H3,(H2,21,24)(H,22,23)/t16-/m1/s1. The van der Waals surface area contributed by atoms with E-state index in [1.807, 2.05) is 0 Å². The van der Waals surface area contributed by atoms with Crippen molar-refractivity contribution in [1.29, 1.82) is 0 Å². The lowest BCUT2D eigenvalue weighted by atomic mass is 10.0. The van der Waals surface area contributed by atoms with E-state index in [-0.39, 0.29) is 18.4 Å². The van der Waals surface area contributed by atoms with Crippen molar-refractivity contribution in [2.45, 2.75) is 18.9 Å². The van der Waals surface area contributed by atoms with Gasteiger partial charge in [-0.2, -0.15) is 0 Å². The van der Waals surface area contributed by atoms with E-state index in [4.69, 9.17) is 10.5 Å². The van der Waals surface area contributed by atoms with Gasteiger partial charge in [0.25, 0.3) is 0 Å². The van der Waals surface area contributed by atoms with Crippen LogP contribution >= 0.6 is 0 Å². The fourth-order valence-electron chi connectivity index (χ4n) is 2.30. The summed E-state index contributed by atoms with van der Waals surface area (Å²) in [6, 6.07) is 8.96. The van der Waals surface area contributed by atoms with Gasteiger partial charge in [0.1, 0.15) is 23.4 Å². The predicted molar refractivity (Wildman–Crippen MR) is 87.9 cm³/mol. The maximum Gasteiger partial charge on any atom is 0.240 e. The molecule has 3 N–H and O–H groups in total. The Morgan fingerprint density at radius 1 is 1.16 bits per heavy atom. The van der Waals surface area contributed by atoms with Crippen molar-refractivity contribution >= 4 is 11.8 Å². The number of methoxy groups -OCH3 is 1. The second-order valence-corrected chi connectivity index (χ2v) is 5.49. The van der Waals surface area contributed by atoms with Crippen LogP contribution in [0.2, 0.25) is 0 Å². The van der Waals surface area contributed by atoms with E-state index >= 15 is 0 Å². The molecule has 0 aliphatic carbocycles. The highest BCUT2D eigenvalue weighted by molar-refractivity contribution is 5.87. The molecule has 5 nitrogen and oxygen atoms in total. The predicted octanol–water partition coefficient (Wildman–Crippen LogP) is 1.73. The summed E-state index contributed by atoms with van der Waals surface area (Å²) in [4.78, 5) is 23.6. The van der Waals surface area contributed by atoms with E-state index < -0.39 is 29.5 Å². The van der Waals surface area contributed by atoms with Gasteiger partial charge in [-0.3, -0.25) is 9.59 Å². The zero-order valence-corrected chi connectivity index (χ0v) is 13.6. The van der Waals surface area contributed by atoms with Gasteiger partial charge in [-0.25, -0.2) is 8.78 Å². The van der Waals surface area contributed by atoms with E-state index in [0.717, 1.165) is 11.6 Å².